The van der Waals surface area contributed by atoms with Crippen LogP contribution in [0.4, 0.5) is 0 Å². The van der Waals surface area contributed by atoms with Crippen LogP contribution in [0.2, 0.25) is 0 Å². The molecule has 1 aliphatic carbocycles. The molecular weight excluding hydrogens is 284 g/mol. The summed E-state index contributed by atoms with van der Waals surface area (Å²) in [5.74, 6) is 0.510. The lowest BCUT2D eigenvalue weighted by molar-refractivity contribution is 0.310. The van der Waals surface area contributed by atoms with Crippen molar-refractivity contribution >= 4 is 12.2 Å². The highest BCUT2D eigenvalue weighted by atomic mass is 32.1. The Morgan fingerprint density at radius 2 is 1.76 bits per heavy atom. The third-order valence-corrected chi connectivity index (χ3v) is 4.53. The van der Waals surface area contributed by atoms with E-state index in [1.165, 1.54) is 19.3 Å². The molecule has 0 amide bonds. The number of aromatic hydroxyl groups is 2. The number of hydrogen-bond acceptors (Lipinski definition) is 3. The maximum Gasteiger partial charge on any atom is 0.213 e. The molecule has 0 saturated heterocycles. The van der Waals surface area contributed by atoms with Gasteiger partial charge in [0.1, 0.15) is 5.75 Å². The zero-order valence-corrected chi connectivity index (χ0v) is 12.7. The Labute approximate surface area is 129 Å². The van der Waals surface area contributed by atoms with Crippen LogP contribution in [0.15, 0.2) is 24.3 Å². The summed E-state index contributed by atoms with van der Waals surface area (Å²) < 4.78 is 2.48. The van der Waals surface area contributed by atoms with E-state index in [0.29, 0.717) is 17.2 Å². The summed E-state index contributed by atoms with van der Waals surface area (Å²) in [7, 11) is 0. The lowest BCUT2D eigenvalue weighted by atomic mass is 9.95. The number of benzene rings is 1. The highest BCUT2D eigenvalue weighted by Crippen LogP contribution is 2.33. The van der Waals surface area contributed by atoms with Crippen molar-refractivity contribution in [1.29, 1.82) is 0 Å². The number of aromatic nitrogens is 2. The van der Waals surface area contributed by atoms with Crippen molar-refractivity contribution in [2.24, 2.45) is 0 Å². The molecule has 0 aliphatic heterocycles. The first-order valence-corrected chi connectivity index (χ1v) is 7.86. The number of imidazole rings is 1. The fraction of sp³-hybridized carbons (Fsp3) is 0.438. The molecular formula is C16H20N2O2S. The van der Waals surface area contributed by atoms with E-state index in [4.69, 9.17) is 12.2 Å². The van der Waals surface area contributed by atoms with Crippen molar-refractivity contribution in [3.05, 3.63) is 40.3 Å². The second kappa shape index (κ2) is 5.93. The van der Waals surface area contributed by atoms with Crippen LogP contribution in [0.25, 0.3) is 0 Å². The Morgan fingerprint density at radius 3 is 2.43 bits per heavy atom. The van der Waals surface area contributed by atoms with E-state index in [2.05, 4.69) is 4.98 Å². The molecule has 1 fully saturated rings. The molecule has 1 heterocycles. The van der Waals surface area contributed by atoms with E-state index in [-0.39, 0.29) is 11.6 Å². The van der Waals surface area contributed by atoms with Gasteiger partial charge in [-0.15, -0.1) is 0 Å². The standard InChI is InChI=1S/C16H20N2O2S/c19-13-8-6-11(7-9-13)10-14-15(20)18(16(21)17-14)12-4-2-1-3-5-12/h6-9,12,19-20H,1-5,10H2,(H,17,21). The predicted octanol–water partition coefficient (Wildman–Crippen LogP) is 4.05. The van der Waals surface area contributed by atoms with Gasteiger partial charge in [0.05, 0.1) is 5.69 Å². The summed E-state index contributed by atoms with van der Waals surface area (Å²) in [6.45, 7) is 0. The summed E-state index contributed by atoms with van der Waals surface area (Å²) in [4.78, 5) is 3.14. The SMILES string of the molecule is Oc1ccc(Cc2[nH]c(=S)n(C3CCCCC3)c2O)cc1. The second-order valence-electron chi connectivity index (χ2n) is 5.74. The van der Waals surface area contributed by atoms with E-state index in [9.17, 15) is 10.2 Å². The number of hydrogen-bond donors (Lipinski definition) is 3. The summed E-state index contributed by atoms with van der Waals surface area (Å²) in [6, 6.07) is 7.32. The van der Waals surface area contributed by atoms with Gasteiger partial charge in [-0.1, -0.05) is 31.4 Å². The first kappa shape index (κ1) is 14.2. The van der Waals surface area contributed by atoms with Crippen molar-refractivity contribution in [3.63, 3.8) is 0 Å². The maximum atomic E-state index is 10.5. The molecule has 0 atom stereocenters. The Hall–Kier alpha value is -1.75. The molecule has 1 aliphatic rings. The van der Waals surface area contributed by atoms with Crippen LogP contribution >= 0.6 is 12.2 Å². The van der Waals surface area contributed by atoms with Crippen molar-refractivity contribution in [3.8, 4) is 11.6 Å². The van der Waals surface area contributed by atoms with E-state index in [1.54, 1.807) is 12.1 Å². The molecule has 4 nitrogen and oxygen atoms in total. The molecule has 3 rings (SSSR count). The van der Waals surface area contributed by atoms with E-state index < -0.39 is 0 Å². The lowest BCUT2D eigenvalue weighted by Gasteiger charge is -2.23. The Bertz CT molecular complexity index is 667. The summed E-state index contributed by atoms with van der Waals surface area (Å²) in [6.07, 6.45) is 6.41. The van der Waals surface area contributed by atoms with Crippen LogP contribution in [0, 0.1) is 4.77 Å². The molecule has 2 aromatic rings. The van der Waals surface area contributed by atoms with Gasteiger partial charge in [0, 0.05) is 12.5 Å². The highest BCUT2D eigenvalue weighted by Gasteiger charge is 2.21. The number of H-pyrrole nitrogens is 1. The molecule has 112 valence electrons. The third kappa shape index (κ3) is 2.97. The molecule has 21 heavy (non-hydrogen) atoms. The van der Waals surface area contributed by atoms with Crippen molar-refractivity contribution in [2.75, 3.05) is 0 Å². The van der Waals surface area contributed by atoms with Crippen LogP contribution < -0.4 is 0 Å². The third-order valence-electron chi connectivity index (χ3n) is 4.23. The van der Waals surface area contributed by atoms with Gasteiger partial charge in [0.25, 0.3) is 0 Å². The largest absolute Gasteiger partial charge is 0.508 e. The Morgan fingerprint density at radius 1 is 1.10 bits per heavy atom. The minimum atomic E-state index is 0.246. The number of nitrogens with one attached hydrogen (secondary N) is 1. The molecule has 3 N–H and O–H groups in total. The molecule has 1 saturated carbocycles. The minimum Gasteiger partial charge on any atom is -0.508 e. The quantitative estimate of drug-likeness (QED) is 0.750. The zero-order valence-electron chi connectivity index (χ0n) is 11.9. The number of aromatic amines is 1. The number of nitrogens with zero attached hydrogens (tertiary/aromatic N) is 1. The van der Waals surface area contributed by atoms with Gasteiger partial charge < -0.3 is 15.2 Å². The molecule has 1 aromatic heterocycles. The van der Waals surface area contributed by atoms with Gasteiger partial charge in [-0.2, -0.15) is 0 Å². The monoisotopic (exact) mass is 304 g/mol. The van der Waals surface area contributed by atoms with Crippen molar-refractivity contribution < 1.29 is 10.2 Å². The molecule has 1 aromatic carbocycles. The lowest BCUT2D eigenvalue weighted by Crippen LogP contribution is -2.12. The normalized spacial score (nSPS) is 16.2. The first-order valence-electron chi connectivity index (χ1n) is 7.45. The van der Waals surface area contributed by atoms with Gasteiger partial charge >= 0.3 is 0 Å². The minimum absolute atomic E-state index is 0.246. The van der Waals surface area contributed by atoms with Crippen LogP contribution in [0.5, 0.6) is 11.6 Å². The number of phenolic OH excluding ortho intramolecular Hbond substituents is 1. The smallest absolute Gasteiger partial charge is 0.213 e. The van der Waals surface area contributed by atoms with Crippen LogP contribution in [-0.2, 0) is 6.42 Å². The Kier molecular flexibility index (Phi) is 4.01. The van der Waals surface area contributed by atoms with Gasteiger partial charge in [0.15, 0.2) is 4.77 Å². The van der Waals surface area contributed by atoms with Gasteiger partial charge in [-0.3, -0.25) is 4.57 Å². The summed E-state index contributed by atoms with van der Waals surface area (Å²) in [5, 5.41) is 19.8. The van der Waals surface area contributed by atoms with Crippen molar-refractivity contribution in [1.82, 2.24) is 9.55 Å². The molecule has 0 unspecified atom stereocenters. The fourth-order valence-corrected chi connectivity index (χ4v) is 3.46. The van der Waals surface area contributed by atoms with E-state index >= 15 is 0 Å². The molecule has 5 heteroatoms. The number of rotatable bonds is 3. The molecule has 0 bridgehead atoms. The second-order valence-corrected chi connectivity index (χ2v) is 6.12. The van der Waals surface area contributed by atoms with Gasteiger partial charge in [-0.05, 0) is 42.8 Å². The van der Waals surface area contributed by atoms with Gasteiger partial charge in [0.2, 0.25) is 5.88 Å². The van der Waals surface area contributed by atoms with E-state index in [1.807, 2.05) is 16.7 Å². The fourth-order valence-electron chi connectivity index (χ4n) is 3.11. The summed E-state index contributed by atoms with van der Waals surface area (Å²) in [5.41, 5.74) is 1.77. The molecule has 0 radical (unpaired) electrons. The summed E-state index contributed by atoms with van der Waals surface area (Å²) >= 11 is 5.39. The molecule has 0 spiro atoms. The first-order chi connectivity index (χ1) is 10.1. The predicted molar refractivity (Wildman–Crippen MR) is 84.3 cm³/mol. The van der Waals surface area contributed by atoms with Crippen LogP contribution in [-0.4, -0.2) is 19.8 Å². The maximum absolute atomic E-state index is 10.5. The average Bonchev–Trinajstić information content (AvgIpc) is 2.77. The van der Waals surface area contributed by atoms with Crippen LogP contribution in [0.1, 0.15) is 49.4 Å². The van der Waals surface area contributed by atoms with Crippen LogP contribution in [0.3, 0.4) is 0 Å². The average molecular weight is 304 g/mol. The van der Waals surface area contributed by atoms with E-state index in [0.717, 1.165) is 24.1 Å². The highest BCUT2D eigenvalue weighted by molar-refractivity contribution is 7.71. The topological polar surface area (TPSA) is 61.2 Å². The number of phenols is 1. The zero-order chi connectivity index (χ0) is 14.8. The van der Waals surface area contributed by atoms with Gasteiger partial charge in [-0.25, -0.2) is 0 Å². The van der Waals surface area contributed by atoms with Crippen molar-refractivity contribution in [2.45, 2.75) is 44.6 Å². The Balaban J connectivity index is 1.86.